The SMILES string of the molecule is CO[C@H]1CC[C@H](NC/C=C/C(=O)Nc2ccc(C(=O)c3csc4c(-c5cc6ncn(C)c6cc5C)cccc34)cc2C#N)CC1. The molecule has 3 aromatic carbocycles. The Balaban J connectivity index is 1.16. The minimum Gasteiger partial charge on any atom is -0.381 e. The number of hydrogen-bond donors (Lipinski definition) is 2. The van der Waals surface area contributed by atoms with Gasteiger partial charge in [-0.3, -0.25) is 9.59 Å². The summed E-state index contributed by atoms with van der Waals surface area (Å²) in [6.45, 7) is 2.67. The molecule has 228 valence electrons. The molecule has 2 heterocycles. The summed E-state index contributed by atoms with van der Waals surface area (Å²) in [7, 11) is 3.74. The highest BCUT2D eigenvalue weighted by molar-refractivity contribution is 7.18. The zero-order valence-electron chi connectivity index (χ0n) is 25.6. The van der Waals surface area contributed by atoms with E-state index in [1.165, 1.54) is 17.4 Å². The summed E-state index contributed by atoms with van der Waals surface area (Å²) in [5.41, 5.74) is 6.84. The lowest BCUT2D eigenvalue weighted by molar-refractivity contribution is -0.111. The normalized spacial score (nSPS) is 16.8. The van der Waals surface area contributed by atoms with Crippen LogP contribution >= 0.6 is 11.3 Å². The van der Waals surface area contributed by atoms with Crippen LogP contribution in [0.4, 0.5) is 5.69 Å². The molecule has 0 aliphatic heterocycles. The van der Waals surface area contributed by atoms with Gasteiger partial charge in [-0.25, -0.2) is 4.98 Å². The molecule has 9 heteroatoms. The average molecular weight is 618 g/mol. The molecule has 0 atom stereocenters. The number of carbonyl (C=O) groups excluding carboxylic acids is 2. The number of amides is 1. The first-order chi connectivity index (χ1) is 21.9. The van der Waals surface area contributed by atoms with Crippen molar-refractivity contribution in [2.45, 2.75) is 44.8 Å². The number of aromatic nitrogens is 2. The Bertz CT molecular complexity index is 1970. The minimum atomic E-state index is -0.328. The quantitative estimate of drug-likeness (QED) is 0.137. The molecule has 0 radical (unpaired) electrons. The zero-order chi connectivity index (χ0) is 31.5. The van der Waals surface area contributed by atoms with Crippen LogP contribution in [0, 0.1) is 18.3 Å². The number of imidazole rings is 1. The molecule has 1 fully saturated rings. The number of nitrogens with one attached hydrogen (secondary N) is 2. The van der Waals surface area contributed by atoms with Crippen molar-refractivity contribution in [2.24, 2.45) is 7.05 Å². The van der Waals surface area contributed by atoms with E-state index in [1.54, 1.807) is 31.4 Å². The second-order valence-corrected chi connectivity index (χ2v) is 12.4. The van der Waals surface area contributed by atoms with E-state index < -0.39 is 0 Å². The maximum atomic E-state index is 13.7. The first-order valence-electron chi connectivity index (χ1n) is 15.1. The summed E-state index contributed by atoms with van der Waals surface area (Å²) < 4.78 is 8.45. The van der Waals surface area contributed by atoms with Gasteiger partial charge in [0.25, 0.3) is 0 Å². The van der Waals surface area contributed by atoms with Gasteiger partial charge in [0.15, 0.2) is 5.78 Å². The van der Waals surface area contributed by atoms with E-state index in [4.69, 9.17) is 4.74 Å². The van der Waals surface area contributed by atoms with Crippen molar-refractivity contribution in [3.8, 4) is 17.2 Å². The number of carbonyl (C=O) groups is 2. The second-order valence-electron chi connectivity index (χ2n) is 11.6. The largest absolute Gasteiger partial charge is 0.381 e. The molecule has 0 unspecified atom stereocenters. The van der Waals surface area contributed by atoms with Crippen LogP contribution < -0.4 is 10.6 Å². The number of benzene rings is 3. The molecule has 2 N–H and O–H groups in total. The number of thiophene rings is 1. The van der Waals surface area contributed by atoms with Gasteiger partial charge in [0, 0.05) is 59.4 Å². The molecule has 1 amide bonds. The van der Waals surface area contributed by atoms with Gasteiger partial charge in [-0.2, -0.15) is 5.26 Å². The number of ether oxygens (including phenoxy) is 1. The molecule has 6 rings (SSSR count). The topological polar surface area (TPSA) is 109 Å². The number of fused-ring (bicyclic) bond motifs is 2. The average Bonchev–Trinajstić information content (AvgIpc) is 3.66. The van der Waals surface area contributed by atoms with Gasteiger partial charge in [-0.15, -0.1) is 11.3 Å². The fourth-order valence-electron chi connectivity index (χ4n) is 6.13. The third-order valence-electron chi connectivity index (χ3n) is 8.67. The summed E-state index contributed by atoms with van der Waals surface area (Å²) >= 11 is 1.53. The van der Waals surface area contributed by atoms with Crippen LogP contribution in [0.3, 0.4) is 0 Å². The number of hydrogen-bond acceptors (Lipinski definition) is 7. The van der Waals surface area contributed by atoms with Crippen molar-refractivity contribution >= 4 is 49.8 Å². The Labute approximate surface area is 266 Å². The fraction of sp³-hybridized carbons (Fsp3) is 0.278. The first kappa shape index (κ1) is 30.4. The lowest BCUT2D eigenvalue weighted by Crippen LogP contribution is -2.35. The Morgan fingerprint density at radius 3 is 2.73 bits per heavy atom. The number of nitriles is 1. The lowest BCUT2D eigenvalue weighted by atomic mass is 9.93. The smallest absolute Gasteiger partial charge is 0.248 e. The maximum absolute atomic E-state index is 13.7. The molecule has 1 aliphatic rings. The maximum Gasteiger partial charge on any atom is 0.248 e. The van der Waals surface area contributed by atoms with Crippen LogP contribution in [0.15, 0.2) is 72.4 Å². The van der Waals surface area contributed by atoms with E-state index in [1.807, 2.05) is 35.5 Å². The molecule has 0 spiro atoms. The Morgan fingerprint density at radius 2 is 1.96 bits per heavy atom. The molecule has 1 saturated carbocycles. The highest BCUT2D eigenvalue weighted by atomic mass is 32.1. The summed E-state index contributed by atoms with van der Waals surface area (Å²) in [6.07, 6.45) is 9.61. The molecule has 45 heavy (non-hydrogen) atoms. The summed E-state index contributed by atoms with van der Waals surface area (Å²) in [5.74, 6) is -0.499. The van der Waals surface area contributed by atoms with Crippen molar-refractivity contribution in [2.75, 3.05) is 19.0 Å². The predicted molar refractivity (Wildman–Crippen MR) is 180 cm³/mol. The van der Waals surface area contributed by atoms with Crippen molar-refractivity contribution in [3.63, 3.8) is 0 Å². The van der Waals surface area contributed by atoms with Gasteiger partial charge < -0.3 is 19.9 Å². The summed E-state index contributed by atoms with van der Waals surface area (Å²) in [6, 6.07) is 17.6. The molecular formula is C36H35N5O3S. The highest BCUT2D eigenvalue weighted by Gasteiger charge is 2.21. The van der Waals surface area contributed by atoms with Gasteiger partial charge in [-0.1, -0.05) is 24.3 Å². The Hall–Kier alpha value is -4.62. The zero-order valence-corrected chi connectivity index (χ0v) is 26.4. The van der Waals surface area contributed by atoms with E-state index in [2.05, 4.69) is 46.8 Å². The van der Waals surface area contributed by atoms with Crippen molar-refractivity contribution in [1.29, 1.82) is 5.26 Å². The van der Waals surface area contributed by atoms with E-state index in [0.717, 1.165) is 63.5 Å². The van der Waals surface area contributed by atoms with E-state index in [0.29, 0.717) is 35.5 Å². The molecule has 0 saturated heterocycles. The monoisotopic (exact) mass is 617 g/mol. The van der Waals surface area contributed by atoms with Crippen molar-refractivity contribution in [1.82, 2.24) is 14.9 Å². The van der Waals surface area contributed by atoms with E-state index >= 15 is 0 Å². The highest BCUT2D eigenvalue weighted by Crippen LogP contribution is 2.38. The van der Waals surface area contributed by atoms with E-state index in [9.17, 15) is 14.9 Å². The number of methoxy groups -OCH3 is 1. The Morgan fingerprint density at radius 1 is 1.13 bits per heavy atom. The van der Waals surface area contributed by atoms with Crippen LogP contribution in [0.2, 0.25) is 0 Å². The standard InChI is InChI=1S/C36H35N5O3S/c1-22-16-33-32(39-21-41(33)2)18-29(22)27-6-4-7-28-30(20-45-36(27)28)35(43)23-9-14-31(24(17-23)19-37)40-34(42)8-5-15-38-25-10-12-26(44-3)13-11-25/h4-9,14,16-18,20-21,25-26,38H,10-13,15H2,1-3H3,(H,40,42)/b8-5+/t25-,26-. The number of ketones is 1. The van der Waals surface area contributed by atoms with Crippen LogP contribution in [-0.2, 0) is 16.6 Å². The molecule has 1 aliphatic carbocycles. The van der Waals surface area contributed by atoms with Crippen LogP contribution in [0.1, 0.15) is 52.7 Å². The van der Waals surface area contributed by atoms with Crippen LogP contribution in [0.25, 0.3) is 32.2 Å². The predicted octanol–water partition coefficient (Wildman–Crippen LogP) is 6.91. The second kappa shape index (κ2) is 13.2. The molecule has 8 nitrogen and oxygen atoms in total. The number of aryl methyl sites for hydroxylation is 2. The van der Waals surface area contributed by atoms with E-state index in [-0.39, 0.29) is 17.3 Å². The van der Waals surface area contributed by atoms with Gasteiger partial charge in [0.2, 0.25) is 5.91 Å². The van der Waals surface area contributed by atoms with Gasteiger partial charge in [0.05, 0.1) is 34.7 Å². The van der Waals surface area contributed by atoms with Crippen molar-refractivity contribution < 1.29 is 14.3 Å². The number of nitrogens with zero attached hydrogens (tertiary/aromatic N) is 3. The molecular weight excluding hydrogens is 582 g/mol. The van der Waals surface area contributed by atoms with Gasteiger partial charge >= 0.3 is 0 Å². The number of rotatable bonds is 9. The van der Waals surface area contributed by atoms with Gasteiger partial charge in [-0.05, 0) is 79.6 Å². The third-order valence-corrected chi connectivity index (χ3v) is 9.70. The molecule has 5 aromatic rings. The van der Waals surface area contributed by atoms with Crippen LogP contribution in [0.5, 0.6) is 0 Å². The Kier molecular flexibility index (Phi) is 8.90. The van der Waals surface area contributed by atoms with Crippen molar-refractivity contribution in [3.05, 3.63) is 94.6 Å². The fourth-order valence-corrected chi connectivity index (χ4v) is 7.21. The first-order valence-corrected chi connectivity index (χ1v) is 16.0. The lowest BCUT2D eigenvalue weighted by Gasteiger charge is -2.27. The molecule has 2 aromatic heterocycles. The minimum absolute atomic E-state index is 0.171. The third kappa shape index (κ3) is 6.31. The molecule has 0 bridgehead atoms. The van der Waals surface area contributed by atoms with Crippen LogP contribution in [-0.4, -0.2) is 47.0 Å². The summed E-state index contributed by atoms with van der Waals surface area (Å²) in [4.78, 5) is 30.8. The van der Waals surface area contributed by atoms with Gasteiger partial charge in [0.1, 0.15) is 6.07 Å². The number of anilines is 1. The summed E-state index contributed by atoms with van der Waals surface area (Å²) in [5, 5.41) is 18.8.